The van der Waals surface area contributed by atoms with Crippen molar-refractivity contribution in [2.24, 2.45) is 5.73 Å². The summed E-state index contributed by atoms with van der Waals surface area (Å²) in [5, 5.41) is -0.712. The Hall–Kier alpha value is -1.37. The highest BCUT2D eigenvalue weighted by molar-refractivity contribution is 7.86. The predicted octanol–water partition coefficient (Wildman–Crippen LogP) is 1.01. The quantitative estimate of drug-likeness (QED) is 0.666. The second-order valence-electron chi connectivity index (χ2n) is 3.23. The van der Waals surface area contributed by atoms with Crippen molar-refractivity contribution in [1.29, 1.82) is 0 Å². The van der Waals surface area contributed by atoms with Gasteiger partial charge in [-0.15, -0.1) is 0 Å². The smallest absolute Gasteiger partial charge is 0.285 e. The van der Waals surface area contributed by atoms with Gasteiger partial charge in [-0.25, -0.2) is 0 Å². The number of fused-ring (bicyclic) bond motifs is 1. The number of hydrogen-bond acceptors (Lipinski definition) is 3. The van der Waals surface area contributed by atoms with Crippen LogP contribution in [0.4, 0.5) is 0 Å². The second kappa shape index (κ2) is 3.34. The van der Waals surface area contributed by atoms with Gasteiger partial charge in [-0.1, -0.05) is 18.2 Å². The lowest BCUT2D eigenvalue weighted by molar-refractivity contribution is 0.470. The molecular weight excluding hydrogens is 216 g/mol. The van der Waals surface area contributed by atoms with Crippen LogP contribution in [-0.2, 0) is 10.1 Å². The molecule has 2 rings (SSSR count). The van der Waals surface area contributed by atoms with Gasteiger partial charge in [-0.3, -0.25) is 4.55 Å². The molecule has 1 heterocycles. The zero-order chi connectivity index (χ0) is 11.1. The van der Waals surface area contributed by atoms with E-state index in [1.807, 2.05) is 6.07 Å². The Kier molecular flexibility index (Phi) is 2.26. The Balaban J connectivity index is 2.63. The van der Waals surface area contributed by atoms with Gasteiger partial charge in [0, 0.05) is 22.7 Å². The summed E-state index contributed by atoms with van der Waals surface area (Å²) >= 11 is 0. The van der Waals surface area contributed by atoms with Gasteiger partial charge in [-0.05, 0) is 6.07 Å². The maximum Gasteiger partial charge on any atom is 0.285 e. The molecule has 0 aliphatic heterocycles. The summed E-state index contributed by atoms with van der Waals surface area (Å²) in [6.45, 7) is 0. The largest absolute Gasteiger partial charge is 0.361 e. The molecule has 0 saturated heterocycles. The number of nitrogens with two attached hydrogens (primary N) is 1. The van der Waals surface area contributed by atoms with Crippen molar-refractivity contribution in [2.45, 2.75) is 5.37 Å². The highest BCUT2D eigenvalue weighted by Crippen LogP contribution is 2.24. The molecule has 0 bridgehead atoms. The SMILES string of the molecule is NC(c1c[nH]c2ccccc12)S(=O)(=O)O. The summed E-state index contributed by atoms with van der Waals surface area (Å²) in [6, 6.07) is 7.14. The van der Waals surface area contributed by atoms with Gasteiger partial charge in [0.15, 0.2) is 5.37 Å². The molecular formula is C9H10N2O3S. The third-order valence-electron chi connectivity index (χ3n) is 2.25. The average Bonchev–Trinajstić information content (AvgIpc) is 2.58. The van der Waals surface area contributed by atoms with Gasteiger partial charge < -0.3 is 10.7 Å². The molecule has 1 aromatic carbocycles. The first-order valence-corrected chi connectivity index (χ1v) is 5.78. The van der Waals surface area contributed by atoms with Crippen LogP contribution in [0.3, 0.4) is 0 Å². The first-order valence-electron chi connectivity index (χ1n) is 4.28. The normalized spacial score (nSPS) is 14.3. The van der Waals surface area contributed by atoms with Crippen molar-refractivity contribution in [3.05, 3.63) is 36.0 Å². The molecule has 0 spiro atoms. The van der Waals surface area contributed by atoms with E-state index in [0.29, 0.717) is 10.9 Å². The molecule has 1 aromatic heterocycles. The van der Waals surface area contributed by atoms with E-state index in [9.17, 15) is 8.42 Å². The van der Waals surface area contributed by atoms with Gasteiger partial charge in [0.25, 0.3) is 10.1 Å². The Morgan fingerprint density at radius 2 is 2.00 bits per heavy atom. The molecule has 0 radical (unpaired) electrons. The van der Waals surface area contributed by atoms with E-state index in [2.05, 4.69) is 4.98 Å². The lowest BCUT2D eigenvalue weighted by Gasteiger charge is -2.06. The van der Waals surface area contributed by atoms with Gasteiger partial charge >= 0.3 is 0 Å². The van der Waals surface area contributed by atoms with E-state index in [1.165, 1.54) is 6.20 Å². The van der Waals surface area contributed by atoms with Crippen molar-refractivity contribution < 1.29 is 13.0 Å². The minimum absolute atomic E-state index is 0.369. The molecule has 0 fully saturated rings. The molecule has 0 aliphatic carbocycles. The van der Waals surface area contributed by atoms with Crippen LogP contribution < -0.4 is 5.73 Å². The third kappa shape index (κ3) is 1.74. The van der Waals surface area contributed by atoms with Crippen molar-refractivity contribution >= 4 is 21.0 Å². The molecule has 1 atom stereocenters. The van der Waals surface area contributed by atoms with Gasteiger partial charge in [0.2, 0.25) is 0 Å². The lowest BCUT2D eigenvalue weighted by Crippen LogP contribution is -2.20. The fraction of sp³-hybridized carbons (Fsp3) is 0.111. The van der Waals surface area contributed by atoms with Crippen molar-refractivity contribution in [3.63, 3.8) is 0 Å². The zero-order valence-corrected chi connectivity index (χ0v) is 8.53. The van der Waals surface area contributed by atoms with Crippen LogP contribution in [0.1, 0.15) is 10.9 Å². The lowest BCUT2D eigenvalue weighted by atomic mass is 10.2. The first kappa shape index (κ1) is 10.2. The first-order chi connectivity index (χ1) is 7.00. The number of para-hydroxylation sites is 1. The maximum atomic E-state index is 10.9. The molecule has 2 aromatic rings. The van der Waals surface area contributed by atoms with Crippen LogP contribution in [0.25, 0.3) is 10.9 Å². The van der Waals surface area contributed by atoms with E-state index in [0.717, 1.165) is 5.52 Å². The predicted molar refractivity (Wildman–Crippen MR) is 56.8 cm³/mol. The molecule has 4 N–H and O–H groups in total. The summed E-state index contributed by atoms with van der Waals surface area (Å²) in [6.07, 6.45) is 1.49. The van der Waals surface area contributed by atoms with Crippen LogP contribution in [0, 0.1) is 0 Å². The highest BCUT2D eigenvalue weighted by Gasteiger charge is 2.22. The summed E-state index contributed by atoms with van der Waals surface area (Å²) in [7, 11) is -4.26. The van der Waals surface area contributed by atoms with E-state index >= 15 is 0 Å². The molecule has 1 unspecified atom stereocenters. The Morgan fingerprint density at radius 1 is 1.33 bits per heavy atom. The van der Waals surface area contributed by atoms with Gasteiger partial charge in [-0.2, -0.15) is 8.42 Å². The molecule has 6 heteroatoms. The fourth-order valence-corrected chi connectivity index (χ4v) is 2.01. The van der Waals surface area contributed by atoms with E-state index in [4.69, 9.17) is 10.3 Å². The van der Waals surface area contributed by atoms with E-state index in [-0.39, 0.29) is 0 Å². The van der Waals surface area contributed by atoms with E-state index in [1.54, 1.807) is 18.2 Å². The monoisotopic (exact) mass is 226 g/mol. The minimum atomic E-state index is -4.26. The molecule has 0 aliphatic rings. The second-order valence-corrected chi connectivity index (χ2v) is 4.76. The fourth-order valence-electron chi connectivity index (χ4n) is 1.49. The number of hydrogen-bond donors (Lipinski definition) is 3. The molecule has 0 saturated carbocycles. The van der Waals surface area contributed by atoms with Crippen molar-refractivity contribution in [1.82, 2.24) is 4.98 Å². The standard InChI is InChI=1S/C9H10N2O3S/c10-9(15(12,13)14)7-5-11-8-4-2-1-3-6(7)8/h1-5,9,11H,10H2,(H,12,13,14). The molecule has 80 valence electrons. The topological polar surface area (TPSA) is 96.2 Å². The van der Waals surface area contributed by atoms with Crippen molar-refractivity contribution in [2.75, 3.05) is 0 Å². The average molecular weight is 226 g/mol. The number of aromatic amines is 1. The van der Waals surface area contributed by atoms with E-state index < -0.39 is 15.5 Å². The van der Waals surface area contributed by atoms with Crippen LogP contribution in [-0.4, -0.2) is 18.0 Å². The number of rotatable bonds is 2. The van der Waals surface area contributed by atoms with Crippen LogP contribution in [0.15, 0.2) is 30.5 Å². The third-order valence-corrected chi connectivity index (χ3v) is 3.14. The summed E-state index contributed by atoms with van der Waals surface area (Å²) in [5.74, 6) is 0. The summed E-state index contributed by atoms with van der Waals surface area (Å²) in [4.78, 5) is 2.89. The maximum absolute atomic E-state index is 10.9. The van der Waals surface area contributed by atoms with Crippen LogP contribution in [0.5, 0.6) is 0 Å². The Bertz CT molecular complexity index is 588. The Labute approximate surface area is 86.7 Å². The van der Waals surface area contributed by atoms with Gasteiger partial charge in [0.1, 0.15) is 0 Å². The molecule has 15 heavy (non-hydrogen) atoms. The number of benzene rings is 1. The zero-order valence-electron chi connectivity index (χ0n) is 7.71. The van der Waals surface area contributed by atoms with Crippen LogP contribution in [0.2, 0.25) is 0 Å². The van der Waals surface area contributed by atoms with Gasteiger partial charge in [0.05, 0.1) is 0 Å². The van der Waals surface area contributed by atoms with Crippen LogP contribution >= 0.6 is 0 Å². The minimum Gasteiger partial charge on any atom is -0.361 e. The highest BCUT2D eigenvalue weighted by atomic mass is 32.2. The Morgan fingerprint density at radius 3 is 2.67 bits per heavy atom. The molecule has 0 amide bonds. The summed E-state index contributed by atoms with van der Waals surface area (Å²) in [5.41, 5.74) is 6.58. The molecule has 5 nitrogen and oxygen atoms in total. The van der Waals surface area contributed by atoms with Crippen molar-refractivity contribution in [3.8, 4) is 0 Å². The number of aromatic nitrogens is 1. The number of nitrogens with one attached hydrogen (secondary N) is 1. The summed E-state index contributed by atoms with van der Waals surface area (Å²) < 4.78 is 30.6. The number of H-pyrrole nitrogens is 1.